The summed E-state index contributed by atoms with van der Waals surface area (Å²) in [4.78, 5) is 44.3. The summed E-state index contributed by atoms with van der Waals surface area (Å²) >= 11 is 18.5. The molecule has 3 heterocycles. The van der Waals surface area contributed by atoms with E-state index in [0.717, 1.165) is 23.6 Å². The molecule has 1 aromatic heterocycles. The molecule has 15 heteroatoms. The molecule has 2 aromatic carbocycles. The summed E-state index contributed by atoms with van der Waals surface area (Å²) in [5.74, 6) is -0.316. The molecule has 42 heavy (non-hydrogen) atoms. The van der Waals surface area contributed by atoms with E-state index < -0.39 is 28.1 Å². The highest BCUT2D eigenvalue weighted by Gasteiger charge is 2.35. The Morgan fingerprint density at radius 3 is 2.52 bits per heavy atom. The average molecular weight is 655 g/mol. The van der Waals surface area contributed by atoms with Crippen LogP contribution in [0.3, 0.4) is 0 Å². The lowest BCUT2D eigenvalue weighted by atomic mass is 10.1. The van der Waals surface area contributed by atoms with Gasteiger partial charge in [-0.3, -0.25) is 14.5 Å². The van der Waals surface area contributed by atoms with Gasteiger partial charge in [0.05, 0.1) is 33.3 Å². The number of amides is 3. The number of fused-ring (bicyclic) bond motifs is 1. The number of aromatic amines is 1. The number of nitriles is 1. The number of anilines is 1. The number of aromatic nitrogens is 1. The van der Waals surface area contributed by atoms with Gasteiger partial charge in [-0.05, 0) is 59.5 Å². The van der Waals surface area contributed by atoms with Crippen molar-refractivity contribution in [2.45, 2.75) is 34.7 Å². The van der Waals surface area contributed by atoms with Crippen molar-refractivity contribution in [1.82, 2.24) is 15.2 Å². The summed E-state index contributed by atoms with van der Waals surface area (Å²) in [6, 6.07) is 8.78. The molecule has 218 valence electrons. The van der Waals surface area contributed by atoms with E-state index in [1.54, 1.807) is 17.0 Å². The van der Waals surface area contributed by atoms with Crippen LogP contribution in [0.2, 0.25) is 10.0 Å². The minimum Gasteiger partial charge on any atom is -0.495 e. The molecule has 0 saturated carbocycles. The van der Waals surface area contributed by atoms with E-state index in [9.17, 15) is 28.4 Å². The van der Waals surface area contributed by atoms with Gasteiger partial charge in [0.25, 0.3) is 11.5 Å². The first-order valence-electron chi connectivity index (χ1n) is 12.4. The Labute approximate surface area is 257 Å². The topological polar surface area (TPSA) is 119 Å². The van der Waals surface area contributed by atoms with Crippen molar-refractivity contribution in [2.75, 3.05) is 25.1 Å². The zero-order valence-corrected chi connectivity index (χ0v) is 24.8. The van der Waals surface area contributed by atoms with E-state index in [0.29, 0.717) is 36.3 Å². The monoisotopic (exact) mass is 653 g/mol. The first-order valence-corrected chi connectivity index (χ1v) is 14.3. The number of nitrogens with one attached hydrogen (secondary N) is 2. The van der Waals surface area contributed by atoms with Crippen LogP contribution < -0.4 is 20.5 Å². The van der Waals surface area contributed by atoms with Crippen LogP contribution in [0.5, 0.6) is 5.75 Å². The van der Waals surface area contributed by atoms with Crippen molar-refractivity contribution in [3.05, 3.63) is 78.7 Å². The van der Waals surface area contributed by atoms with Gasteiger partial charge in [-0.2, -0.15) is 14.0 Å². The van der Waals surface area contributed by atoms with Crippen LogP contribution >= 0.6 is 46.6 Å². The maximum Gasteiger partial charge on any atom is 0.362 e. The summed E-state index contributed by atoms with van der Waals surface area (Å²) in [5, 5.41) is 8.22. The van der Waals surface area contributed by atoms with Gasteiger partial charge in [0, 0.05) is 31.1 Å². The molecule has 0 aliphatic carbocycles. The van der Waals surface area contributed by atoms with E-state index in [4.69, 9.17) is 39.5 Å². The quantitative estimate of drug-likeness (QED) is 0.311. The molecule has 1 saturated heterocycles. The van der Waals surface area contributed by atoms with E-state index in [1.165, 1.54) is 24.1 Å². The van der Waals surface area contributed by atoms with Crippen LogP contribution in [-0.4, -0.2) is 42.0 Å². The van der Waals surface area contributed by atoms with Gasteiger partial charge in [0.2, 0.25) is 0 Å². The maximum absolute atomic E-state index is 14.1. The van der Waals surface area contributed by atoms with E-state index >= 15 is 0 Å². The van der Waals surface area contributed by atoms with Gasteiger partial charge in [0.1, 0.15) is 23.1 Å². The summed E-state index contributed by atoms with van der Waals surface area (Å²) in [5.41, 5.74) is -0.421. The van der Waals surface area contributed by atoms with E-state index in [1.807, 2.05) is 11.1 Å². The number of halogens is 5. The zero-order valence-electron chi connectivity index (χ0n) is 21.7. The maximum atomic E-state index is 14.1. The summed E-state index contributed by atoms with van der Waals surface area (Å²) in [6.07, 6.45) is 0.739. The minimum absolute atomic E-state index is 0.0614. The van der Waals surface area contributed by atoms with Crippen LogP contribution in [0.25, 0.3) is 0 Å². The molecule has 0 radical (unpaired) electrons. The number of rotatable bonds is 6. The molecule has 5 rings (SSSR count). The Kier molecular flexibility index (Phi) is 8.31. The van der Waals surface area contributed by atoms with Crippen LogP contribution in [0, 0.1) is 11.3 Å². The SMILES string of the molecule is COc1cc2c(cc1N1CCCNC1=O)CN(C(=O)c1c(Sc3c(Cl)ccc(C#N)c3Cl)cc(C(F)(F)Cl)[nH]c1=O)C2. The number of hydrogen-bond donors (Lipinski definition) is 2. The first-order chi connectivity index (χ1) is 19.9. The third kappa shape index (κ3) is 5.62. The predicted molar refractivity (Wildman–Crippen MR) is 154 cm³/mol. The van der Waals surface area contributed by atoms with Gasteiger partial charge in [-0.1, -0.05) is 35.0 Å². The molecule has 3 amide bonds. The van der Waals surface area contributed by atoms with Crippen molar-refractivity contribution in [2.24, 2.45) is 0 Å². The van der Waals surface area contributed by atoms with Crippen molar-refractivity contribution >= 4 is 64.2 Å². The van der Waals surface area contributed by atoms with Crippen LogP contribution in [0.15, 0.2) is 44.9 Å². The summed E-state index contributed by atoms with van der Waals surface area (Å²) in [6.45, 7) is 1.20. The molecule has 2 N–H and O–H groups in total. The number of carbonyl (C=O) groups excluding carboxylic acids is 2. The molecule has 2 aliphatic rings. The number of urea groups is 1. The third-order valence-corrected chi connectivity index (χ3v) is 9.08. The largest absolute Gasteiger partial charge is 0.495 e. The summed E-state index contributed by atoms with van der Waals surface area (Å²) < 4.78 is 33.7. The average Bonchev–Trinajstić information content (AvgIpc) is 3.37. The molecular weight excluding hydrogens is 635 g/mol. The highest BCUT2D eigenvalue weighted by Crippen LogP contribution is 2.43. The zero-order chi connectivity index (χ0) is 30.3. The van der Waals surface area contributed by atoms with Gasteiger partial charge >= 0.3 is 11.4 Å². The second-order valence-corrected chi connectivity index (χ2v) is 11.7. The number of methoxy groups -OCH3 is 1. The molecule has 0 atom stereocenters. The number of nitrogens with zero attached hydrogens (tertiary/aromatic N) is 3. The van der Waals surface area contributed by atoms with Crippen molar-refractivity contribution in [3.63, 3.8) is 0 Å². The Hall–Kier alpha value is -3.50. The van der Waals surface area contributed by atoms with Gasteiger partial charge in [-0.25, -0.2) is 4.79 Å². The first kappa shape index (κ1) is 30.0. The molecule has 0 unspecified atom stereocenters. The minimum atomic E-state index is -3.95. The van der Waals surface area contributed by atoms with E-state index in [2.05, 4.69) is 5.32 Å². The molecule has 9 nitrogen and oxygen atoms in total. The smallest absolute Gasteiger partial charge is 0.362 e. The lowest BCUT2D eigenvalue weighted by Gasteiger charge is -2.29. The lowest BCUT2D eigenvalue weighted by molar-refractivity contribution is 0.0740. The number of alkyl halides is 3. The number of pyridine rings is 1. The molecule has 0 bridgehead atoms. The highest BCUT2D eigenvalue weighted by atomic mass is 35.5. The van der Waals surface area contributed by atoms with Crippen LogP contribution in [0.1, 0.15) is 39.2 Å². The Morgan fingerprint density at radius 2 is 1.88 bits per heavy atom. The fraction of sp³-hybridized carbons (Fsp3) is 0.259. The Morgan fingerprint density at radius 1 is 1.17 bits per heavy atom. The molecular formula is C27H20Cl3F2N5O4S. The standard InChI is InChI=1S/C27H20Cl3F2N5O4S/c1-41-18-8-15-12-36(11-14(15)7-17(18)37-6-2-5-34-26(37)40)25(39)21-19(9-20(27(30,31)32)35-24(21)38)42-23-16(28)4-3-13(10-33)22(23)29/h3-4,7-9H,2,5-6,11-12H2,1H3,(H,34,40)(H,35,38). The van der Waals surface area contributed by atoms with Gasteiger partial charge in [0.15, 0.2) is 0 Å². The number of hydrogen-bond acceptors (Lipinski definition) is 6. The Bertz CT molecular complexity index is 1720. The van der Waals surface area contributed by atoms with Crippen LogP contribution in [0.4, 0.5) is 19.3 Å². The molecule has 0 spiro atoms. The van der Waals surface area contributed by atoms with Crippen LogP contribution in [-0.2, 0) is 18.5 Å². The van der Waals surface area contributed by atoms with Crippen molar-refractivity contribution in [3.8, 4) is 11.8 Å². The highest BCUT2D eigenvalue weighted by molar-refractivity contribution is 7.99. The number of carbonyl (C=O) groups is 2. The van der Waals surface area contributed by atoms with Gasteiger partial charge in [-0.15, -0.1) is 0 Å². The lowest BCUT2D eigenvalue weighted by Crippen LogP contribution is -2.46. The number of ether oxygens (including phenoxy) is 1. The molecule has 1 fully saturated rings. The number of H-pyrrole nitrogens is 1. The number of benzene rings is 2. The molecule has 2 aliphatic heterocycles. The van der Waals surface area contributed by atoms with Crippen molar-refractivity contribution < 1.29 is 23.1 Å². The molecule has 3 aromatic rings. The Balaban J connectivity index is 1.54. The normalized spacial score (nSPS) is 14.8. The second kappa shape index (κ2) is 11.6. The summed E-state index contributed by atoms with van der Waals surface area (Å²) in [7, 11) is 1.47. The predicted octanol–water partition coefficient (Wildman–Crippen LogP) is 6.08. The second-order valence-electron chi connectivity index (χ2n) is 9.39. The van der Waals surface area contributed by atoms with Crippen molar-refractivity contribution in [1.29, 1.82) is 5.26 Å². The third-order valence-electron chi connectivity index (χ3n) is 6.78. The fourth-order valence-electron chi connectivity index (χ4n) is 4.74. The van der Waals surface area contributed by atoms with E-state index in [-0.39, 0.29) is 44.5 Å². The van der Waals surface area contributed by atoms with Gasteiger partial charge < -0.3 is 19.9 Å². The fourth-order valence-corrected chi connectivity index (χ4v) is 6.53.